The molecule has 3 aromatic rings. The van der Waals surface area contributed by atoms with E-state index in [0.717, 1.165) is 22.3 Å². The van der Waals surface area contributed by atoms with Crippen molar-refractivity contribution in [3.05, 3.63) is 89.0 Å². The maximum Gasteiger partial charge on any atom is 0.264 e. The largest absolute Gasteiger partial charge is 0.324 e. The minimum Gasteiger partial charge on any atom is -0.324 e. The fraction of sp³-hybridized carbons (Fsp3) is 0.240. The number of benzene rings is 3. The van der Waals surface area contributed by atoms with Crippen LogP contribution in [-0.4, -0.2) is 20.9 Å². The van der Waals surface area contributed by atoms with Crippen molar-refractivity contribution in [2.75, 3.05) is 16.2 Å². The van der Waals surface area contributed by atoms with Crippen molar-refractivity contribution >= 4 is 27.3 Å². The molecule has 5 nitrogen and oxygen atoms in total. The Kier molecular flexibility index (Phi) is 6.81. The van der Waals surface area contributed by atoms with Crippen molar-refractivity contribution in [1.82, 2.24) is 0 Å². The van der Waals surface area contributed by atoms with E-state index in [9.17, 15) is 13.2 Å². The molecule has 1 N–H and O–H groups in total. The fourth-order valence-electron chi connectivity index (χ4n) is 3.57. The molecule has 0 unspecified atom stereocenters. The lowest BCUT2D eigenvalue weighted by molar-refractivity contribution is -0.114. The number of nitrogens with zero attached hydrogens (tertiary/aromatic N) is 1. The number of carbonyl (C=O) groups excluding carboxylic acids is 1. The summed E-state index contributed by atoms with van der Waals surface area (Å²) in [5.41, 5.74) is 5.04. The van der Waals surface area contributed by atoms with Crippen LogP contribution < -0.4 is 9.62 Å². The first kappa shape index (κ1) is 22.6. The van der Waals surface area contributed by atoms with Gasteiger partial charge in [0, 0.05) is 5.69 Å². The Morgan fingerprint density at radius 3 is 2.10 bits per heavy atom. The van der Waals surface area contributed by atoms with Gasteiger partial charge >= 0.3 is 0 Å². The number of aryl methyl sites for hydroxylation is 4. The molecule has 0 fully saturated rings. The molecule has 6 heteroatoms. The van der Waals surface area contributed by atoms with Gasteiger partial charge in [0.15, 0.2) is 0 Å². The van der Waals surface area contributed by atoms with Crippen molar-refractivity contribution in [1.29, 1.82) is 0 Å². The monoisotopic (exact) mass is 436 g/mol. The van der Waals surface area contributed by atoms with E-state index in [2.05, 4.69) is 5.32 Å². The highest BCUT2D eigenvalue weighted by atomic mass is 32.2. The third-order valence-corrected chi connectivity index (χ3v) is 6.82. The highest BCUT2D eigenvalue weighted by Gasteiger charge is 2.28. The van der Waals surface area contributed by atoms with E-state index in [1.54, 1.807) is 36.4 Å². The van der Waals surface area contributed by atoms with Crippen LogP contribution in [0.15, 0.2) is 71.6 Å². The minimum absolute atomic E-state index is 0.156. The van der Waals surface area contributed by atoms with Crippen LogP contribution in [0.3, 0.4) is 0 Å². The van der Waals surface area contributed by atoms with Gasteiger partial charge in [0.05, 0.1) is 10.6 Å². The molecule has 0 aliphatic carbocycles. The predicted molar refractivity (Wildman–Crippen MR) is 126 cm³/mol. The van der Waals surface area contributed by atoms with E-state index in [0.29, 0.717) is 17.8 Å². The fourth-order valence-corrected chi connectivity index (χ4v) is 5.03. The van der Waals surface area contributed by atoms with E-state index in [1.807, 2.05) is 58.0 Å². The molecule has 0 aliphatic rings. The Labute approximate surface area is 184 Å². The number of nitrogens with one attached hydrogen (secondary N) is 1. The first-order valence-electron chi connectivity index (χ1n) is 10.3. The second-order valence-corrected chi connectivity index (χ2v) is 9.59. The number of hydrogen-bond donors (Lipinski definition) is 1. The maximum atomic E-state index is 13.6. The zero-order chi connectivity index (χ0) is 22.6. The van der Waals surface area contributed by atoms with Crippen molar-refractivity contribution < 1.29 is 13.2 Å². The number of carbonyl (C=O) groups is 1. The zero-order valence-corrected chi connectivity index (χ0v) is 19.2. The van der Waals surface area contributed by atoms with Crippen LogP contribution in [0.1, 0.15) is 29.2 Å². The van der Waals surface area contributed by atoms with E-state index < -0.39 is 15.9 Å². The maximum absolute atomic E-state index is 13.6. The van der Waals surface area contributed by atoms with Gasteiger partial charge in [-0.2, -0.15) is 0 Å². The Bertz CT molecular complexity index is 1170. The van der Waals surface area contributed by atoms with Crippen LogP contribution in [0, 0.1) is 20.8 Å². The summed E-state index contributed by atoms with van der Waals surface area (Å²) < 4.78 is 28.3. The van der Waals surface area contributed by atoms with Crippen molar-refractivity contribution in [3.8, 4) is 0 Å². The summed E-state index contributed by atoms with van der Waals surface area (Å²) in [7, 11) is -3.93. The van der Waals surface area contributed by atoms with Gasteiger partial charge in [-0.1, -0.05) is 48.9 Å². The molecule has 31 heavy (non-hydrogen) atoms. The van der Waals surface area contributed by atoms with Crippen LogP contribution >= 0.6 is 0 Å². The predicted octanol–water partition coefficient (Wildman–Crippen LogP) is 5.01. The molecule has 0 saturated heterocycles. The summed E-state index contributed by atoms with van der Waals surface area (Å²) in [4.78, 5) is 13.1. The summed E-state index contributed by atoms with van der Waals surface area (Å²) in [5.74, 6) is -0.397. The van der Waals surface area contributed by atoms with E-state index >= 15 is 0 Å². The highest BCUT2D eigenvalue weighted by molar-refractivity contribution is 7.92. The smallest absolute Gasteiger partial charge is 0.264 e. The normalized spacial score (nSPS) is 11.2. The van der Waals surface area contributed by atoms with Gasteiger partial charge in [-0.05, 0) is 74.2 Å². The topological polar surface area (TPSA) is 66.5 Å². The van der Waals surface area contributed by atoms with Crippen LogP contribution in [0.25, 0.3) is 0 Å². The molecular formula is C25H28N2O3S. The van der Waals surface area contributed by atoms with Gasteiger partial charge in [-0.15, -0.1) is 0 Å². The molecule has 0 heterocycles. The molecule has 0 atom stereocenters. The van der Waals surface area contributed by atoms with Crippen molar-refractivity contribution in [2.45, 2.75) is 39.0 Å². The van der Waals surface area contributed by atoms with Crippen LogP contribution in [0.2, 0.25) is 0 Å². The first-order valence-corrected chi connectivity index (χ1v) is 11.7. The average molecular weight is 437 g/mol. The lowest BCUT2D eigenvalue weighted by atomic mass is 10.1. The standard InChI is InChI=1S/C25H28N2O3S/c1-5-21-8-6-7-9-24(21)27(31(29,30)23-12-10-18(2)11-13-23)17-25(28)26-22-15-19(3)14-20(4)16-22/h6-16H,5,17H2,1-4H3,(H,26,28). The summed E-state index contributed by atoms with van der Waals surface area (Å²) in [6.45, 7) is 7.45. The van der Waals surface area contributed by atoms with Gasteiger partial charge in [-0.3, -0.25) is 9.10 Å². The Morgan fingerprint density at radius 2 is 1.48 bits per heavy atom. The Hall–Kier alpha value is -3.12. The summed E-state index contributed by atoms with van der Waals surface area (Å²) in [6, 6.07) is 19.7. The van der Waals surface area contributed by atoms with Crippen LogP contribution in [0.4, 0.5) is 11.4 Å². The number of sulfonamides is 1. The van der Waals surface area contributed by atoms with Crippen molar-refractivity contribution in [2.24, 2.45) is 0 Å². The van der Waals surface area contributed by atoms with Gasteiger partial charge in [-0.25, -0.2) is 8.42 Å². The minimum atomic E-state index is -3.93. The molecule has 0 saturated carbocycles. The molecule has 0 bridgehead atoms. The molecule has 3 aromatic carbocycles. The lowest BCUT2D eigenvalue weighted by Crippen LogP contribution is -2.38. The molecule has 0 spiro atoms. The van der Waals surface area contributed by atoms with Crippen LogP contribution in [-0.2, 0) is 21.2 Å². The van der Waals surface area contributed by atoms with Gasteiger partial charge < -0.3 is 5.32 Å². The molecule has 0 radical (unpaired) electrons. The van der Waals surface area contributed by atoms with E-state index in [1.165, 1.54) is 4.31 Å². The summed E-state index contributed by atoms with van der Waals surface area (Å²) in [5, 5.41) is 2.85. The zero-order valence-electron chi connectivity index (χ0n) is 18.3. The molecule has 0 aromatic heterocycles. The highest BCUT2D eigenvalue weighted by Crippen LogP contribution is 2.28. The second-order valence-electron chi connectivity index (χ2n) is 7.73. The molecular weight excluding hydrogens is 408 g/mol. The first-order chi connectivity index (χ1) is 14.7. The SMILES string of the molecule is CCc1ccccc1N(CC(=O)Nc1cc(C)cc(C)c1)S(=O)(=O)c1ccc(C)cc1. The third kappa shape index (κ3) is 5.33. The molecule has 1 amide bonds. The summed E-state index contributed by atoms with van der Waals surface area (Å²) in [6.07, 6.45) is 0.648. The van der Waals surface area contributed by atoms with Gasteiger partial charge in [0.2, 0.25) is 5.91 Å². The number of hydrogen-bond acceptors (Lipinski definition) is 3. The van der Waals surface area contributed by atoms with Crippen LogP contribution in [0.5, 0.6) is 0 Å². The Balaban J connectivity index is 1.99. The molecule has 0 aliphatic heterocycles. The number of para-hydroxylation sites is 1. The van der Waals surface area contributed by atoms with Gasteiger partial charge in [0.25, 0.3) is 10.0 Å². The number of rotatable bonds is 7. The van der Waals surface area contributed by atoms with Crippen molar-refractivity contribution in [3.63, 3.8) is 0 Å². The summed E-state index contributed by atoms with van der Waals surface area (Å²) >= 11 is 0. The molecule has 3 rings (SSSR count). The third-order valence-electron chi connectivity index (χ3n) is 5.04. The Morgan fingerprint density at radius 1 is 0.871 bits per heavy atom. The number of anilines is 2. The number of amides is 1. The lowest BCUT2D eigenvalue weighted by Gasteiger charge is -2.26. The van der Waals surface area contributed by atoms with E-state index in [4.69, 9.17) is 0 Å². The average Bonchev–Trinajstić information content (AvgIpc) is 2.71. The van der Waals surface area contributed by atoms with E-state index in [-0.39, 0.29) is 11.4 Å². The quantitative estimate of drug-likeness (QED) is 0.566. The van der Waals surface area contributed by atoms with Gasteiger partial charge in [0.1, 0.15) is 6.54 Å². The molecule has 162 valence electrons. The second kappa shape index (κ2) is 9.35.